The van der Waals surface area contributed by atoms with E-state index in [0.717, 1.165) is 31.2 Å². The molecule has 4 amide bonds. The standard InChI is InChI=1S/C30H46Cl2N4O3/c1-2-3-4-5-6-7-8-9-10-11-18-33-28(37)26-14-12-19-35(26)29(38)27-15-13-20-36(27)30(39)34-22-23-16-17-24(31)21-25(23)32/h16-17,21,26-27H,2-15,18-20,22H2,1H3,(H,33,37)(H,34,39). The molecule has 0 bridgehead atoms. The van der Waals surface area contributed by atoms with Gasteiger partial charge >= 0.3 is 6.03 Å². The van der Waals surface area contributed by atoms with Crippen LogP contribution in [0, 0.1) is 0 Å². The molecule has 39 heavy (non-hydrogen) atoms. The van der Waals surface area contributed by atoms with Gasteiger partial charge in [0, 0.05) is 36.2 Å². The lowest BCUT2D eigenvalue weighted by atomic mass is 10.1. The molecule has 3 rings (SSSR count). The van der Waals surface area contributed by atoms with Crippen LogP contribution < -0.4 is 10.6 Å². The molecule has 0 saturated carbocycles. The number of rotatable bonds is 15. The summed E-state index contributed by atoms with van der Waals surface area (Å²) in [4.78, 5) is 42.7. The molecular weight excluding hydrogens is 535 g/mol. The minimum atomic E-state index is -0.541. The summed E-state index contributed by atoms with van der Waals surface area (Å²) in [7, 11) is 0. The normalized spacial score (nSPS) is 18.9. The largest absolute Gasteiger partial charge is 0.354 e. The number of nitrogens with zero attached hydrogens (tertiary/aromatic N) is 2. The first kappa shape index (κ1) is 31.5. The van der Waals surface area contributed by atoms with E-state index in [1.54, 1.807) is 28.0 Å². The quantitative estimate of drug-likeness (QED) is 0.226. The summed E-state index contributed by atoms with van der Waals surface area (Å²) in [5, 5.41) is 6.96. The van der Waals surface area contributed by atoms with Gasteiger partial charge in [-0.05, 0) is 49.8 Å². The van der Waals surface area contributed by atoms with E-state index in [-0.39, 0.29) is 24.4 Å². The second-order valence-electron chi connectivity index (χ2n) is 10.9. The Hall–Kier alpha value is -1.99. The number of hydrogen-bond acceptors (Lipinski definition) is 3. The van der Waals surface area contributed by atoms with Gasteiger partial charge in [0.05, 0.1) is 0 Å². The van der Waals surface area contributed by atoms with Crippen LogP contribution >= 0.6 is 23.2 Å². The second-order valence-corrected chi connectivity index (χ2v) is 11.8. The van der Waals surface area contributed by atoms with Gasteiger partial charge in [0.15, 0.2) is 0 Å². The summed E-state index contributed by atoms with van der Waals surface area (Å²) in [6.45, 7) is 4.22. The summed E-state index contributed by atoms with van der Waals surface area (Å²) >= 11 is 12.2. The Morgan fingerprint density at radius 3 is 2.10 bits per heavy atom. The Morgan fingerprint density at radius 1 is 0.821 bits per heavy atom. The van der Waals surface area contributed by atoms with Gasteiger partial charge < -0.3 is 20.4 Å². The van der Waals surface area contributed by atoms with Gasteiger partial charge in [-0.1, -0.05) is 94.0 Å². The van der Waals surface area contributed by atoms with Crippen LogP contribution in [-0.2, 0) is 16.1 Å². The first-order chi connectivity index (χ1) is 18.9. The van der Waals surface area contributed by atoms with Gasteiger partial charge in [0.1, 0.15) is 12.1 Å². The van der Waals surface area contributed by atoms with E-state index in [1.807, 2.05) is 0 Å². The fourth-order valence-electron chi connectivity index (χ4n) is 5.64. The van der Waals surface area contributed by atoms with Gasteiger partial charge in [-0.2, -0.15) is 0 Å². The van der Waals surface area contributed by atoms with Crippen molar-refractivity contribution in [3.8, 4) is 0 Å². The molecule has 7 nitrogen and oxygen atoms in total. The predicted molar refractivity (Wildman–Crippen MR) is 158 cm³/mol. The highest BCUT2D eigenvalue weighted by Crippen LogP contribution is 2.26. The lowest BCUT2D eigenvalue weighted by Gasteiger charge is -2.31. The van der Waals surface area contributed by atoms with Crippen molar-refractivity contribution in [2.24, 2.45) is 0 Å². The van der Waals surface area contributed by atoms with Crippen molar-refractivity contribution < 1.29 is 14.4 Å². The molecule has 0 aliphatic carbocycles. The number of halogens is 2. The molecule has 0 radical (unpaired) electrons. The third-order valence-electron chi connectivity index (χ3n) is 7.91. The summed E-state index contributed by atoms with van der Waals surface area (Å²) in [6.07, 6.45) is 15.4. The maximum atomic E-state index is 13.5. The Bertz CT molecular complexity index is 945. The SMILES string of the molecule is CCCCCCCCCCCCNC(=O)C1CCCN1C(=O)C1CCCN1C(=O)NCc1ccc(Cl)cc1Cl. The van der Waals surface area contributed by atoms with E-state index in [1.165, 1.54) is 51.4 Å². The molecule has 0 aromatic heterocycles. The molecule has 2 N–H and O–H groups in total. The number of likely N-dealkylation sites (tertiary alicyclic amines) is 2. The van der Waals surface area contributed by atoms with Gasteiger partial charge in [-0.25, -0.2) is 4.79 Å². The molecule has 218 valence electrons. The number of nitrogens with one attached hydrogen (secondary N) is 2. The monoisotopic (exact) mass is 580 g/mol. The molecule has 1 aromatic rings. The fourth-order valence-corrected chi connectivity index (χ4v) is 6.12. The first-order valence-corrected chi connectivity index (χ1v) is 15.7. The van der Waals surface area contributed by atoms with Crippen molar-refractivity contribution in [1.29, 1.82) is 0 Å². The Kier molecular flexibility index (Phi) is 13.7. The first-order valence-electron chi connectivity index (χ1n) is 15.0. The Balaban J connectivity index is 1.39. The van der Waals surface area contributed by atoms with Crippen LogP contribution in [0.1, 0.15) is 102 Å². The number of carbonyl (C=O) groups excluding carboxylic acids is 3. The van der Waals surface area contributed by atoms with Gasteiger partial charge in [0.2, 0.25) is 11.8 Å². The third-order valence-corrected chi connectivity index (χ3v) is 8.50. The summed E-state index contributed by atoms with van der Waals surface area (Å²) in [5.41, 5.74) is 0.759. The maximum Gasteiger partial charge on any atom is 0.318 e. The number of carbonyl (C=O) groups is 3. The van der Waals surface area contributed by atoms with Crippen LogP contribution in [0.25, 0.3) is 0 Å². The Labute approximate surface area is 244 Å². The van der Waals surface area contributed by atoms with E-state index in [9.17, 15) is 14.4 Å². The van der Waals surface area contributed by atoms with Crippen LogP contribution in [0.4, 0.5) is 4.79 Å². The van der Waals surface area contributed by atoms with Crippen molar-refractivity contribution in [3.63, 3.8) is 0 Å². The van der Waals surface area contributed by atoms with Crippen molar-refractivity contribution >= 4 is 41.0 Å². The van der Waals surface area contributed by atoms with Crippen molar-refractivity contribution in [2.45, 2.75) is 115 Å². The highest BCUT2D eigenvalue weighted by Gasteiger charge is 2.42. The molecule has 2 heterocycles. The van der Waals surface area contributed by atoms with Crippen LogP contribution in [0.15, 0.2) is 18.2 Å². The highest BCUT2D eigenvalue weighted by atomic mass is 35.5. The molecular formula is C30H46Cl2N4O3. The minimum absolute atomic E-state index is 0.0665. The molecule has 2 aliphatic rings. The lowest BCUT2D eigenvalue weighted by molar-refractivity contribution is -0.141. The highest BCUT2D eigenvalue weighted by molar-refractivity contribution is 6.35. The van der Waals surface area contributed by atoms with Crippen molar-refractivity contribution in [1.82, 2.24) is 20.4 Å². The molecule has 0 spiro atoms. The fraction of sp³-hybridized carbons (Fsp3) is 0.700. The average Bonchev–Trinajstić information content (AvgIpc) is 3.61. The van der Waals surface area contributed by atoms with Crippen LogP contribution in [0.3, 0.4) is 0 Å². The molecule has 9 heteroatoms. The van der Waals surface area contributed by atoms with Gasteiger partial charge in [-0.3, -0.25) is 9.59 Å². The van der Waals surface area contributed by atoms with Crippen molar-refractivity contribution in [3.05, 3.63) is 33.8 Å². The zero-order valence-corrected chi connectivity index (χ0v) is 25.0. The predicted octanol–water partition coefficient (Wildman–Crippen LogP) is 6.70. The van der Waals surface area contributed by atoms with Gasteiger partial charge in [-0.15, -0.1) is 0 Å². The molecule has 2 atom stereocenters. The van der Waals surface area contributed by atoms with E-state index in [4.69, 9.17) is 23.2 Å². The summed E-state index contributed by atoms with van der Waals surface area (Å²) in [5.74, 6) is -0.188. The van der Waals surface area contributed by atoms with Crippen molar-refractivity contribution in [2.75, 3.05) is 19.6 Å². The van der Waals surface area contributed by atoms with E-state index >= 15 is 0 Å². The topological polar surface area (TPSA) is 81.8 Å². The molecule has 2 unspecified atom stereocenters. The minimum Gasteiger partial charge on any atom is -0.354 e. The number of hydrogen-bond donors (Lipinski definition) is 2. The van der Waals surface area contributed by atoms with E-state index in [2.05, 4.69) is 17.6 Å². The molecule has 1 aromatic carbocycles. The number of urea groups is 1. The number of amides is 4. The number of benzene rings is 1. The molecule has 2 saturated heterocycles. The second kappa shape index (κ2) is 17.0. The third kappa shape index (κ3) is 9.86. The summed E-state index contributed by atoms with van der Waals surface area (Å²) < 4.78 is 0. The maximum absolute atomic E-state index is 13.5. The zero-order chi connectivity index (χ0) is 28.0. The summed E-state index contributed by atoms with van der Waals surface area (Å²) in [6, 6.07) is 3.87. The lowest BCUT2D eigenvalue weighted by Crippen LogP contribution is -2.54. The molecule has 2 aliphatic heterocycles. The zero-order valence-electron chi connectivity index (χ0n) is 23.5. The van der Waals surface area contributed by atoms with E-state index in [0.29, 0.717) is 42.5 Å². The molecule has 2 fully saturated rings. The van der Waals surface area contributed by atoms with Gasteiger partial charge in [0.25, 0.3) is 0 Å². The van der Waals surface area contributed by atoms with Crippen LogP contribution in [0.5, 0.6) is 0 Å². The van der Waals surface area contributed by atoms with Crippen LogP contribution in [0.2, 0.25) is 10.0 Å². The Morgan fingerprint density at radius 2 is 1.44 bits per heavy atom. The van der Waals surface area contributed by atoms with Crippen LogP contribution in [-0.4, -0.2) is 59.4 Å². The number of unbranched alkanes of at least 4 members (excludes halogenated alkanes) is 9. The average molecular weight is 582 g/mol. The smallest absolute Gasteiger partial charge is 0.318 e. The van der Waals surface area contributed by atoms with E-state index < -0.39 is 12.1 Å².